The van der Waals surface area contributed by atoms with E-state index in [1.165, 1.54) is 6.07 Å². The Labute approximate surface area is 192 Å². The van der Waals surface area contributed by atoms with Crippen molar-refractivity contribution in [3.05, 3.63) is 69.6 Å². The van der Waals surface area contributed by atoms with Crippen LogP contribution in [-0.4, -0.2) is 33.7 Å². The van der Waals surface area contributed by atoms with Crippen LogP contribution in [0.2, 0.25) is 0 Å². The van der Waals surface area contributed by atoms with Crippen molar-refractivity contribution in [2.24, 2.45) is 0 Å². The molecule has 2 aromatic heterocycles. The summed E-state index contributed by atoms with van der Waals surface area (Å²) in [4.78, 5) is 19.1. The van der Waals surface area contributed by atoms with Crippen LogP contribution in [0.4, 0.5) is 14.6 Å². The third-order valence-corrected chi connectivity index (χ3v) is 6.61. The summed E-state index contributed by atoms with van der Waals surface area (Å²) < 4.78 is 41.8. The lowest BCUT2D eigenvalue weighted by molar-refractivity contribution is -0.286. The minimum absolute atomic E-state index is 0.0268. The summed E-state index contributed by atoms with van der Waals surface area (Å²) in [5.41, 5.74) is 2.81. The van der Waals surface area contributed by atoms with Crippen LogP contribution in [0.5, 0.6) is 11.5 Å². The largest absolute Gasteiger partial charge is 0.586 e. The topological polar surface area (TPSA) is 109 Å². The van der Waals surface area contributed by atoms with Crippen LogP contribution in [0, 0.1) is 6.92 Å². The summed E-state index contributed by atoms with van der Waals surface area (Å²) in [5.74, 6) is 0.664. The number of rotatable bonds is 6. The molecule has 1 saturated carbocycles. The maximum Gasteiger partial charge on any atom is 0.586 e. The summed E-state index contributed by atoms with van der Waals surface area (Å²) >= 11 is 0. The molecule has 6 rings (SSSR count). The average molecular weight is 469 g/mol. The van der Waals surface area contributed by atoms with Crippen molar-refractivity contribution >= 4 is 5.82 Å². The molecule has 0 amide bonds. The second kappa shape index (κ2) is 7.25. The minimum atomic E-state index is -3.64. The van der Waals surface area contributed by atoms with Crippen LogP contribution in [0.3, 0.4) is 0 Å². The third-order valence-electron chi connectivity index (χ3n) is 6.61. The van der Waals surface area contributed by atoms with Gasteiger partial charge in [-0.1, -0.05) is 12.1 Å². The number of hydrogen-bond acceptors (Lipinski definition) is 7. The second-order valence-corrected chi connectivity index (χ2v) is 8.87. The van der Waals surface area contributed by atoms with E-state index in [-0.39, 0.29) is 47.0 Å². The highest BCUT2D eigenvalue weighted by atomic mass is 19.3. The molecular formula is C24H21F2N3O5. The maximum absolute atomic E-state index is 13.4. The molecule has 8 nitrogen and oxygen atoms in total. The first-order chi connectivity index (χ1) is 16.3. The Bertz CT molecular complexity index is 1350. The van der Waals surface area contributed by atoms with Gasteiger partial charge in [-0.3, -0.25) is 4.79 Å². The van der Waals surface area contributed by atoms with Gasteiger partial charge in [-0.05, 0) is 55.2 Å². The average Bonchev–Trinajstić information content (AvgIpc) is 3.71. The quantitative estimate of drug-likeness (QED) is 0.475. The van der Waals surface area contributed by atoms with Crippen LogP contribution >= 0.6 is 0 Å². The molecule has 1 saturated heterocycles. The minimum Gasteiger partial charge on any atom is -0.395 e. The molecule has 1 aliphatic carbocycles. The Morgan fingerprint density at radius 1 is 1.18 bits per heavy atom. The molecule has 0 radical (unpaired) electrons. The number of pyridine rings is 2. The van der Waals surface area contributed by atoms with E-state index in [1.54, 1.807) is 24.4 Å². The molecule has 1 aromatic carbocycles. The summed E-state index contributed by atoms with van der Waals surface area (Å²) in [6, 6.07) is 10.3. The van der Waals surface area contributed by atoms with Crippen molar-refractivity contribution in [3.8, 4) is 22.8 Å². The van der Waals surface area contributed by atoms with Gasteiger partial charge in [0, 0.05) is 22.7 Å². The number of hydrogen-bond donors (Lipinski definition) is 3. The molecule has 0 bridgehead atoms. The Hall–Kier alpha value is -3.50. The van der Waals surface area contributed by atoms with E-state index in [9.17, 15) is 18.7 Å². The van der Waals surface area contributed by atoms with Gasteiger partial charge in [-0.15, -0.1) is 8.78 Å². The normalized spacial score (nSPS) is 22.9. The van der Waals surface area contributed by atoms with Crippen molar-refractivity contribution in [2.75, 3.05) is 5.32 Å². The number of anilines is 1. The van der Waals surface area contributed by atoms with E-state index in [1.807, 2.05) is 19.1 Å². The lowest BCUT2D eigenvalue weighted by Gasteiger charge is -2.14. The SMILES string of the molecule is Cc1ccc(NC2OC2C2(c3ccc4c(c3)OC(F)(F)O4)CC2)nc1-c1c[nH]c(=O)c(CO)c1. The van der Waals surface area contributed by atoms with Crippen molar-refractivity contribution in [1.29, 1.82) is 0 Å². The molecule has 0 spiro atoms. The zero-order valence-electron chi connectivity index (χ0n) is 18.1. The number of ether oxygens (including phenoxy) is 3. The van der Waals surface area contributed by atoms with Crippen LogP contribution in [0.1, 0.15) is 29.5 Å². The maximum atomic E-state index is 13.4. The van der Waals surface area contributed by atoms with Gasteiger partial charge in [0.05, 0.1) is 12.3 Å². The standard InChI is InChI=1S/C24H21F2N3O5/c1-12-2-5-18(28-19(12)13-8-14(11-30)21(31)27-10-13)29-22-20(32-22)23(6-7-23)15-3-4-16-17(9-15)34-24(25,26)33-16/h2-5,8-10,20,22,30H,6-7,11H2,1H3,(H,27,31)(H,28,29). The van der Waals surface area contributed by atoms with Gasteiger partial charge in [-0.25, -0.2) is 4.98 Å². The van der Waals surface area contributed by atoms with Gasteiger partial charge < -0.3 is 29.6 Å². The number of aliphatic hydroxyl groups is 1. The van der Waals surface area contributed by atoms with Gasteiger partial charge in [-0.2, -0.15) is 0 Å². The smallest absolute Gasteiger partial charge is 0.395 e. The lowest BCUT2D eigenvalue weighted by atomic mass is 9.91. The van der Waals surface area contributed by atoms with Crippen LogP contribution < -0.4 is 20.3 Å². The predicted molar refractivity (Wildman–Crippen MR) is 117 cm³/mol. The summed E-state index contributed by atoms with van der Waals surface area (Å²) in [6.45, 7) is 1.55. The highest BCUT2D eigenvalue weighted by Gasteiger charge is 2.63. The van der Waals surface area contributed by atoms with Gasteiger partial charge in [0.1, 0.15) is 11.9 Å². The van der Waals surface area contributed by atoms with Gasteiger partial charge >= 0.3 is 6.29 Å². The van der Waals surface area contributed by atoms with E-state index < -0.39 is 6.29 Å². The number of H-pyrrole nitrogens is 1. The number of aliphatic hydroxyl groups excluding tert-OH is 1. The highest BCUT2D eigenvalue weighted by Crippen LogP contribution is 2.59. The number of aryl methyl sites for hydroxylation is 1. The Balaban J connectivity index is 1.21. The van der Waals surface area contributed by atoms with Crippen LogP contribution in [0.15, 0.2) is 47.4 Å². The Morgan fingerprint density at radius 2 is 1.97 bits per heavy atom. The predicted octanol–water partition coefficient (Wildman–Crippen LogP) is 3.43. The molecule has 3 N–H and O–H groups in total. The number of fused-ring (bicyclic) bond motifs is 1. The number of epoxide rings is 1. The van der Waals surface area contributed by atoms with Crippen LogP contribution in [0.25, 0.3) is 11.3 Å². The molecule has 2 aliphatic heterocycles. The number of nitrogens with zero attached hydrogens (tertiary/aromatic N) is 1. The Morgan fingerprint density at radius 3 is 2.74 bits per heavy atom. The molecule has 4 heterocycles. The first-order valence-corrected chi connectivity index (χ1v) is 10.9. The van der Waals surface area contributed by atoms with Gasteiger partial charge in [0.2, 0.25) is 0 Å². The summed E-state index contributed by atoms with van der Waals surface area (Å²) in [5, 5.41) is 12.7. The summed E-state index contributed by atoms with van der Waals surface area (Å²) in [6.07, 6.45) is -0.731. The van der Waals surface area contributed by atoms with E-state index in [0.717, 1.165) is 24.0 Å². The van der Waals surface area contributed by atoms with E-state index in [0.29, 0.717) is 17.1 Å². The fourth-order valence-corrected chi connectivity index (χ4v) is 4.61. The van der Waals surface area contributed by atoms with Gasteiger partial charge in [0.25, 0.3) is 5.56 Å². The molecule has 2 unspecified atom stereocenters. The molecule has 3 aromatic rings. The molecule has 2 fully saturated rings. The number of halogens is 2. The van der Waals surface area contributed by atoms with Crippen molar-refractivity contribution in [1.82, 2.24) is 9.97 Å². The number of benzene rings is 1. The molecule has 3 aliphatic rings. The first kappa shape index (κ1) is 21.1. The Kier molecular flexibility index (Phi) is 4.49. The van der Waals surface area contributed by atoms with Crippen LogP contribution in [-0.2, 0) is 16.8 Å². The molecular weight excluding hydrogens is 448 g/mol. The van der Waals surface area contributed by atoms with E-state index >= 15 is 0 Å². The second-order valence-electron chi connectivity index (χ2n) is 8.87. The number of aromatic amines is 1. The molecule has 2 atom stereocenters. The third kappa shape index (κ3) is 3.50. The molecule has 10 heteroatoms. The van der Waals surface area contributed by atoms with E-state index in [2.05, 4.69) is 24.8 Å². The molecule has 34 heavy (non-hydrogen) atoms. The van der Waals surface area contributed by atoms with Crippen molar-refractivity contribution in [3.63, 3.8) is 0 Å². The summed E-state index contributed by atoms with van der Waals surface area (Å²) in [7, 11) is 0. The zero-order valence-corrected chi connectivity index (χ0v) is 18.1. The van der Waals surface area contributed by atoms with Crippen molar-refractivity contribution in [2.45, 2.75) is 50.4 Å². The number of alkyl halides is 2. The fraction of sp³-hybridized carbons (Fsp3) is 0.333. The zero-order chi connectivity index (χ0) is 23.7. The number of aromatic nitrogens is 2. The van der Waals surface area contributed by atoms with Crippen molar-refractivity contribution < 1.29 is 28.1 Å². The van der Waals surface area contributed by atoms with E-state index in [4.69, 9.17) is 4.74 Å². The van der Waals surface area contributed by atoms with Gasteiger partial charge in [0.15, 0.2) is 17.7 Å². The fourth-order valence-electron chi connectivity index (χ4n) is 4.61. The number of nitrogens with one attached hydrogen (secondary N) is 2. The monoisotopic (exact) mass is 469 g/mol. The highest BCUT2D eigenvalue weighted by molar-refractivity contribution is 5.65. The lowest BCUT2D eigenvalue weighted by Crippen LogP contribution is -2.26. The molecule has 176 valence electrons. The first-order valence-electron chi connectivity index (χ1n) is 10.9.